The highest BCUT2D eigenvalue weighted by Gasteiger charge is 2.20. The topological polar surface area (TPSA) is 44.8 Å². The Hall–Kier alpha value is -1.45. The van der Waals surface area contributed by atoms with Crippen molar-refractivity contribution in [1.29, 1.82) is 0 Å². The summed E-state index contributed by atoms with van der Waals surface area (Å²) in [6.07, 6.45) is 2.56. The molecule has 0 unspecified atom stereocenters. The van der Waals surface area contributed by atoms with Crippen molar-refractivity contribution in [3.05, 3.63) is 23.9 Å². The van der Waals surface area contributed by atoms with Crippen LogP contribution < -0.4 is 0 Å². The van der Waals surface area contributed by atoms with E-state index in [-0.39, 0.29) is 0 Å². The quantitative estimate of drug-likeness (QED) is 0.433. The molecule has 0 N–H and O–H groups in total. The number of ether oxygens (including phenoxy) is 3. The van der Waals surface area contributed by atoms with E-state index in [4.69, 9.17) is 4.74 Å². The van der Waals surface area contributed by atoms with Gasteiger partial charge in [0.05, 0.1) is 20.3 Å². The van der Waals surface area contributed by atoms with Gasteiger partial charge in [0.25, 0.3) is 0 Å². The van der Waals surface area contributed by atoms with E-state index in [9.17, 15) is 4.79 Å². The van der Waals surface area contributed by atoms with Gasteiger partial charge in [0.2, 0.25) is 5.76 Å². The molecule has 0 atom stereocenters. The van der Waals surface area contributed by atoms with Crippen LogP contribution in [-0.2, 0) is 19.0 Å². The summed E-state index contributed by atoms with van der Waals surface area (Å²) in [5.41, 5.74) is 0. The Morgan fingerprint density at radius 3 is 2.82 bits per heavy atom. The monoisotopic (exact) mass is 156 g/mol. The molecule has 0 saturated heterocycles. The van der Waals surface area contributed by atoms with Gasteiger partial charge in [-0.3, -0.25) is 0 Å². The molecule has 1 aliphatic heterocycles. The van der Waals surface area contributed by atoms with Gasteiger partial charge in [-0.2, -0.15) is 0 Å². The number of hydrogen-bond acceptors (Lipinski definition) is 4. The van der Waals surface area contributed by atoms with E-state index in [0.29, 0.717) is 11.5 Å². The summed E-state index contributed by atoms with van der Waals surface area (Å²) in [5, 5.41) is 0. The SMILES string of the molecule is COC=C1OC(=O)C=C1OC. The lowest BCUT2D eigenvalue weighted by atomic mass is 10.4. The molecule has 0 fully saturated rings. The van der Waals surface area contributed by atoms with Crippen molar-refractivity contribution in [2.24, 2.45) is 0 Å². The average molecular weight is 156 g/mol. The summed E-state index contributed by atoms with van der Waals surface area (Å²) >= 11 is 0. The molecule has 0 radical (unpaired) electrons. The highest BCUT2D eigenvalue weighted by atomic mass is 16.6. The van der Waals surface area contributed by atoms with Gasteiger partial charge in [-0.25, -0.2) is 4.79 Å². The maximum atomic E-state index is 10.6. The molecule has 0 aromatic rings. The third kappa shape index (κ3) is 1.52. The Morgan fingerprint density at radius 2 is 2.27 bits per heavy atom. The van der Waals surface area contributed by atoms with E-state index in [0.717, 1.165) is 0 Å². The van der Waals surface area contributed by atoms with E-state index < -0.39 is 5.97 Å². The van der Waals surface area contributed by atoms with Crippen LogP contribution >= 0.6 is 0 Å². The Kier molecular flexibility index (Phi) is 2.15. The first-order valence-electron chi connectivity index (χ1n) is 2.98. The van der Waals surface area contributed by atoms with Gasteiger partial charge < -0.3 is 14.2 Å². The molecule has 1 rings (SSSR count). The number of methoxy groups -OCH3 is 2. The average Bonchev–Trinajstić information content (AvgIpc) is 2.32. The first-order chi connectivity index (χ1) is 5.27. The Labute approximate surface area is 64.0 Å². The molecule has 11 heavy (non-hydrogen) atoms. The highest BCUT2D eigenvalue weighted by Crippen LogP contribution is 2.19. The van der Waals surface area contributed by atoms with Gasteiger partial charge in [-0.1, -0.05) is 0 Å². The van der Waals surface area contributed by atoms with Crippen molar-refractivity contribution in [2.45, 2.75) is 0 Å². The number of rotatable bonds is 2. The minimum absolute atomic E-state index is 0.306. The molecule has 4 heteroatoms. The fourth-order valence-electron chi connectivity index (χ4n) is 0.715. The number of cyclic esters (lactones) is 1. The van der Waals surface area contributed by atoms with Gasteiger partial charge >= 0.3 is 5.97 Å². The van der Waals surface area contributed by atoms with Crippen LogP contribution in [0.3, 0.4) is 0 Å². The fourth-order valence-corrected chi connectivity index (χ4v) is 0.715. The number of carbonyl (C=O) groups excluding carboxylic acids is 1. The van der Waals surface area contributed by atoms with Crippen molar-refractivity contribution in [3.8, 4) is 0 Å². The van der Waals surface area contributed by atoms with E-state index in [2.05, 4.69) is 9.47 Å². The normalized spacial score (nSPS) is 19.6. The summed E-state index contributed by atoms with van der Waals surface area (Å²) in [6.45, 7) is 0. The van der Waals surface area contributed by atoms with Crippen LogP contribution in [0.1, 0.15) is 0 Å². The zero-order valence-electron chi connectivity index (χ0n) is 6.29. The lowest BCUT2D eigenvalue weighted by molar-refractivity contribution is -0.132. The summed E-state index contributed by atoms with van der Waals surface area (Å²) in [4.78, 5) is 10.6. The van der Waals surface area contributed by atoms with Gasteiger partial charge in [0, 0.05) is 0 Å². The maximum absolute atomic E-state index is 10.6. The molecule has 0 aromatic heterocycles. The second kappa shape index (κ2) is 3.09. The van der Waals surface area contributed by atoms with Crippen LogP contribution in [-0.4, -0.2) is 20.2 Å². The summed E-state index contributed by atoms with van der Waals surface area (Å²) in [5.74, 6) is 0.252. The largest absolute Gasteiger partial charge is 0.500 e. The second-order valence-corrected chi connectivity index (χ2v) is 1.85. The van der Waals surface area contributed by atoms with E-state index >= 15 is 0 Å². The Morgan fingerprint density at radius 1 is 1.55 bits per heavy atom. The molecule has 1 heterocycles. The van der Waals surface area contributed by atoms with Crippen molar-refractivity contribution in [3.63, 3.8) is 0 Å². The molecule has 0 spiro atoms. The van der Waals surface area contributed by atoms with Crippen molar-refractivity contribution >= 4 is 5.97 Å². The first-order valence-corrected chi connectivity index (χ1v) is 2.98. The Balaban J connectivity index is 2.79. The van der Waals surface area contributed by atoms with E-state index in [1.165, 1.54) is 26.6 Å². The van der Waals surface area contributed by atoms with Crippen LogP contribution in [0.5, 0.6) is 0 Å². The molecule has 0 bridgehead atoms. The number of carbonyl (C=O) groups is 1. The molecule has 0 aromatic carbocycles. The number of esters is 1. The lowest BCUT2D eigenvalue weighted by Crippen LogP contribution is -1.92. The zero-order valence-corrected chi connectivity index (χ0v) is 6.29. The van der Waals surface area contributed by atoms with Crippen LogP contribution in [0.4, 0.5) is 0 Å². The third-order valence-electron chi connectivity index (χ3n) is 1.15. The second-order valence-electron chi connectivity index (χ2n) is 1.85. The summed E-state index contributed by atoms with van der Waals surface area (Å²) in [6, 6.07) is 0. The number of hydrogen-bond donors (Lipinski definition) is 0. The molecule has 0 saturated carbocycles. The minimum atomic E-state index is -0.440. The van der Waals surface area contributed by atoms with E-state index in [1.54, 1.807) is 0 Å². The minimum Gasteiger partial charge on any atom is -0.500 e. The van der Waals surface area contributed by atoms with E-state index in [1.807, 2.05) is 0 Å². The molecular weight excluding hydrogens is 148 g/mol. The summed E-state index contributed by atoms with van der Waals surface area (Å²) < 4.78 is 14.1. The third-order valence-corrected chi connectivity index (χ3v) is 1.15. The molecular formula is C7H8O4. The molecule has 0 aliphatic carbocycles. The van der Waals surface area contributed by atoms with Crippen molar-refractivity contribution in [1.82, 2.24) is 0 Å². The predicted octanol–water partition coefficient (Wildman–Crippen LogP) is 0.561. The smallest absolute Gasteiger partial charge is 0.340 e. The predicted molar refractivity (Wildman–Crippen MR) is 36.3 cm³/mol. The van der Waals surface area contributed by atoms with Crippen LogP contribution in [0.2, 0.25) is 0 Å². The first kappa shape index (κ1) is 7.65. The van der Waals surface area contributed by atoms with Gasteiger partial charge in [-0.15, -0.1) is 0 Å². The van der Waals surface area contributed by atoms with Gasteiger partial charge in [0.15, 0.2) is 5.76 Å². The summed E-state index contributed by atoms with van der Waals surface area (Å²) in [7, 11) is 2.92. The zero-order chi connectivity index (χ0) is 8.27. The molecule has 60 valence electrons. The molecule has 1 aliphatic rings. The molecule has 4 nitrogen and oxygen atoms in total. The standard InChI is InChI=1S/C7H8O4/c1-9-4-6-5(10-2)3-7(8)11-6/h3-4H,1-2H3. The maximum Gasteiger partial charge on any atom is 0.340 e. The van der Waals surface area contributed by atoms with Gasteiger partial charge in [-0.05, 0) is 0 Å². The fraction of sp³-hybridized carbons (Fsp3) is 0.286. The van der Waals surface area contributed by atoms with Crippen LogP contribution in [0.15, 0.2) is 23.9 Å². The lowest BCUT2D eigenvalue weighted by Gasteiger charge is -2.00. The van der Waals surface area contributed by atoms with Crippen molar-refractivity contribution < 1.29 is 19.0 Å². The van der Waals surface area contributed by atoms with Crippen molar-refractivity contribution in [2.75, 3.05) is 14.2 Å². The highest BCUT2D eigenvalue weighted by molar-refractivity contribution is 5.87. The Bertz CT molecular complexity index is 227. The van der Waals surface area contributed by atoms with Gasteiger partial charge in [0.1, 0.15) is 6.26 Å². The van der Waals surface area contributed by atoms with Crippen LogP contribution in [0.25, 0.3) is 0 Å². The molecule has 0 amide bonds. The van der Waals surface area contributed by atoms with Crippen LogP contribution in [0, 0.1) is 0 Å².